The third-order valence-electron chi connectivity index (χ3n) is 2.40. The first-order valence-electron chi connectivity index (χ1n) is 4.95. The van der Waals surface area contributed by atoms with Crippen LogP contribution in [0.3, 0.4) is 0 Å². The molecule has 7 heteroatoms. The summed E-state index contributed by atoms with van der Waals surface area (Å²) in [5.41, 5.74) is -1.70. The molecule has 0 atom stereocenters. The largest absolute Gasteiger partial charge is 0.409 e. The Balaban J connectivity index is 3.13. The molecule has 2 rings (SSSR count). The number of rotatable bonds is 2. The number of hydrogen-bond donors (Lipinski definition) is 1. The van der Waals surface area contributed by atoms with Crippen LogP contribution < -0.4 is 21.7 Å². The van der Waals surface area contributed by atoms with Crippen molar-refractivity contribution in [3.63, 3.8) is 0 Å². The standard InChI is InChI=1S/C10H10N2O5/c1-3-5-4-6(13)17-9-7(5)8(14)11-10(15)12(9)16-2/h4H,3H2,1-2H3,(H,11,14,15). The lowest BCUT2D eigenvalue weighted by molar-refractivity contribution is 0.153. The molecule has 0 aromatic carbocycles. The molecule has 0 unspecified atom stereocenters. The molecule has 0 amide bonds. The second kappa shape index (κ2) is 3.93. The Morgan fingerprint density at radius 3 is 2.71 bits per heavy atom. The molecule has 0 fully saturated rings. The third kappa shape index (κ3) is 1.65. The molecular weight excluding hydrogens is 228 g/mol. The van der Waals surface area contributed by atoms with E-state index in [1.54, 1.807) is 6.92 Å². The number of hydrogen-bond acceptors (Lipinski definition) is 5. The summed E-state index contributed by atoms with van der Waals surface area (Å²) in [7, 11) is 1.23. The topological polar surface area (TPSA) is 94.3 Å². The summed E-state index contributed by atoms with van der Waals surface area (Å²) in [5.74, 6) is 0. The van der Waals surface area contributed by atoms with Crippen molar-refractivity contribution in [1.82, 2.24) is 9.71 Å². The van der Waals surface area contributed by atoms with Gasteiger partial charge < -0.3 is 9.25 Å². The zero-order valence-electron chi connectivity index (χ0n) is 9.27. The fourth-order valence-corrected chi connectivity index (χ4v) is 1.66. The first-order chi connectivity index (χ1) is 8.08. The van der Waals surface area contributed by atoms with Gasteiger partial charge in [0, 0.05) is 6.07 Å². The van der Waals surface area contributed by atoms with E-state index in [4.69, 9.17) is 9.25 Å². The number of aromatic amines is 1. The van der Waals surface area contributed by atoms with E-state index in [0.29, 0.717) is 12.0 Å². The van der Waals surface area contributed by atoms with Crippen molar-refractivity contribution in [3.8, 4) is 0 Å². The fraction of sp³-hybridized carbons (Fsp3) is 0.300. The molecule has 0 bridgehead atoms. The molecule has 0 saturated heterocycles. The second-order valence-corrected chi connectivity index (χ2v) is 3.36. The number of H-pyrrole nitrogens is 1. The van der Waals surface area contributed by atoms with Gasteiger partial charge in [-0.05, 0) is 12.0 Å². The van der Waals surface area contributed by atoms with Gasteiger partial charge in [-0.1, -0.05) is 11.7 Å². The molecule has 2 aromatic heterocycles. The lowest BCUT2D eigenvalue weighted by Gasteiger charge is -2.06. The van der Waals surface area contributed by atoms with Gasteiger partial charge in [-0.3, -0.25) is 9.78 Å². The maximum atomic E-state index is 11.7. The van der Waals surface area contributed by atoms with Gasteiger partial charge in [0.05, 0.1) is 0 Å². The van der Waals surface area contributed by atoms with E-state index in [2.05, 4.69) is 4.98 Å². The third-order valence-corrected chi connectivity index (χ3v) is 2.40. The van der Waals surface area contributed by atoms with E-state index in [9.17, 15) is 14.4 Å². The quantitative estimate of drug-likeness (QED) is 0.743. The Morgan fingerprint density at radius 1 is 1.41 bits per heavy atom. The van der Waals surface area contributed by atoms with Crippen molar-refractivity contribution < 1.29 is 9.25 Å². The fourth-order valence-electron chi connectivity index (χ4n) is 1.66. The molecule has 0 aliphatic heterocycles. The van der Waals surface area contributed by atoms with Crippen molar-refractivity contribution in [2.45, 2.75) is 13.3 Å². The van der Waals surface area contributed by atoms with Gasteiger partial charge in [0.15, 0.2) is 0 Å². The minimum Gasteiger partial charge on any atom is -0.409 e. The Hall–Kier alpha value is -2.31. The second-order valence-electron chi connectivity index (χ2n) is 3.36. The van der Waals surface area contributed by atoms with Gasteiger partial charge in [0.25, 0.3) is 11.3 Å². The summed E-state index contributed by atoms with van der Waals surface area (Å²) in [6.45, 7) is 1.79. The Morgan fingerprint density at radius 2 is 2.12 bits per heavy atom. The molecule has 0 saturated carbocycles. The smallest absolute Gasteiger partial charge is 0.364 e. The average Bonchev–Trinajstić information content (AvgIpc) is 2.27. The van der Waals surface area contributed by atoms with Crippen LogP contribution in [-0.2, 0) is 6.42 Å². The number of fused-ring (bicyclic) bond motifs is 1. The molecule has 1 N–H and O–H groups in total. The summed E-state index contributed by atoms with van der Waals surface area (Å²) in [6, 6.07) is 1.22. The van der Waals surface area contributed by atoms with Crippen LogP contribution in [0.5, 0.6) is 0 Å². The van der Waals surface area contributed by atoms with Crippen molar-refractivity contribution in [1.29, 1.82) is 0 Å². The molecule has 0 aliphatic carbocycles. The number of aryl methyl sites for hydroxylation is 1. The predicted molar refractivity (Wildman–Crippen MR) is 59.2 cm³/mol. The van der Waals surface area contributed by atoms with E-state index >= 15 is 0 Å². The minimum absolute atomic E-state index is 0.147. The Kier molecular flexibility index (Phi) is 2.58. The van der Waals surface area contributed by atoms with Crippen LogP contribution in [0.4, 0.5) is 0 Å². The van der Waals surface area contributed by atoms with E-state index in [1.807, 2.05) is 0 Å². The SMILES string of the molecule is CCc1cc(=O)oc2c1c(=O)[nH]c(=O)n2OC. The van der Waals surface area contributed by atoms with Gasteiger partial charge in [-0.25, -0.2) is 9.59 Å². The van der Waals surface area contributed by atoms with Crippen molar-refractivity contribution in [2.24, 2.45) is 0 Å². The zero-order chi connectivity index (χ0) is 12.6. The van der Waals surface area contributed by atoms with E-state index < -0.39 is 16.9 Å². The highest BCUT2D eigenvalue weighted by Crippen LogP contribution is 2.10. The number of nitrogens with one attached hydrogen (secondary N) is 1. The number of aromatic nitrogens is 2. The summed E-state index contributed by atoms with van der Waals surface area (Å²) < 4.78 is 5.58. The zero-order valence-corrected chi connectivity index (χ0v) is 9.27. The molecule has 0 radical (unpaired) electrons. The molecule has 17 heavy (non-hydrogen) atoms. The molecule has 0 spiro atoms. The first-order valence-corrected chi connectivity index (χ1v) is 4.95. The van der Waals surface area contributed by atoms with Gasteiger partial charge >= 0.3 is 11.3 Å². The lowest BCUT2D eigenvalue weighted by Crippen LogP contribution is -2.34. The van der Waals surface area contributed by atoms with Gasteiger partial charge in [0.1, 0.15) is 12.5 Å². The highest BCUT2D eigenvalue weighted by Gasteiger charge is 2.14. The van der Waals surface area contributed by atoms with E-state index in [1.165, 1.54) is 13.2 Å². The van der Waals surface area contributed by atoms with Crippen LogP contribution in [0.1, 0.15) is 12.5 Å². The summed E-state index contributed by atoms with van der Waals surface area (Å²) in [6.07, 6.45) is 0.465. The van der Waals surface area contributed by atoms with Crippen molar-refractivity contribution >= 4 is 11.1 Å². The molecule has 2 aromatic rings. The van der Waals surface area contributed by atoms with Crippen LogP contribution in [0.2, 0.25) is 0 Å². The molecular formula is C10H10N2O5. The number of nitrogens with zero attached hydrogens (tertiary/aromatic N) is 1. The van der Waals surface area contributed by atoms with Gasteiger partial charge in [0.2, 0.25) is 0 Å². The Bertz CT molecular complexity index is 737. The van der Waals surface area contributed by atoms with Crippen LogP contribution in [0, 0.1) is 0 Å². The lowest BCUT2D eigenvalue weighted by atomic mass is 10.1. The first kappa shape index (κ1) is 11.2. The van der Waals surface area contributed by atoms with E-state index in [-0.39, 0.29) is 11.1 Å². The van der Waals surface area contributed by atoms with Crippen molar-refractivity contribution in [3.05, 3.63) is 42.9 Å². The van der Waals surface area contributed by atoms with Crippen LogP contribution in [0.25, 0.3) is 11.1 Å². The van der Waals surface area contributed by atoms with Crippen LogP contribution in [-0.4, -0.2) is 16.8 Å². The highest BCUT2D eigenvalue weighted by molar-refractivity contribution is 5.75. The summed E-state index contributed by atoms with van der Waals surface area (Å²) in [4.78, 5) is 41.3. The maximum absolute atomic E-state index is 11.7. The van der Waals surface area contributed by atoms with Gasteiger partial charge in [-0.15, -0.1) is 0 Å². The predicted octanol–water partition coefficient (Wildman–Crippen LogP) is -0.736. The monoisotopic (exact) mass is 238 g/mol. The minimum atomic E-state index is -0.790. The molecule has 2 heterocycles. The van der Waals surface area contributed by atoms with Gasteiger partial charge in [-0.2, -0.15) is 0 Å². The molecule has 0 aliphatic rings. The van der Waals surface area contributed by atoms with Crippen molar-refractivity contribution in [2.75, 3.05) is 7.11 Å². The van der Waals surface area contributed by atoms with Crippen LogP contribution >= 0.6 is 0 Å². The van der Waals surface area contributed by atoms with Crippen LogP contribution in [0.15, 0.2) is 24.9 Å². The summed E-state index contributed by atoms with van der Waals surface area (Å²) in [5, 5.41) is 0.147. The summed E-state index contributed by atoms with van der Waals surface area (Å²) >= 11 is 0. The normalized spacial score (nSPS) is 10.7. The maximum Gasteiger partial charge on any atom is 0.364 e. The molecule has 90 valence electrons. The van der Waals surface area contributed by atoms with E-state index in [0.717, 1.165) is 4.73 Å². The molecule has 7 nitrogen and oxygen atoms in total. The Labute approximate surface area is 94.2 Å². The highest BCUT2D eigenvalue weighted by atomic mass is 16.7. The average molecular weight is 238 g/mol.